The number of hydrogen-bond acceptors (Lipinski definition) is 5. The Morgan fingerprint density at radius 2 is 1.75 bits per heavy atom. The monoisotopic (exact) mass is 496 g/mol. The molecule has 0 radical (unpaired) electrons. The maximum absolute atomic E-state index is 12.6. The molecule has 0 saturated carbocycles. The number of likely N-dealkylation sites (N-methyl/N-ethyl adjacent to an activating group) is 1. The zero-order valence-corrected chi connectivity index (χ0v) is 19.5. The summed E-state index contributed by atoms with van der Waals surface area (Å²) in [5, 5.41) is 5.58. The van der Waals surface area contributed by atoms with Gasteiger partial charge < -0.3 is 15.4 Å². The van der Waals surface area contributed by atoms with Gasteiger partial charge in [0.2, 0.25) is 11.8 Å². The number of rotatable bonds is 9. The van der Waals surface area contributed by atoms with Crippen LogP contribution in [0.25, 0.3) is 0 Å². The number of carbonyl (C=O) groups is 2. The van der Waals surface area contributed by atoms with Crippen molar-refractivity contribution in [3.05, 3.63) is 83.0 Å². The topological polar surface area (TPSA) is 83.6 Å². The number of carbonyl (C=O) groups excluding carboxylic acids is 2. The van der Waals surface area contributed by atoms with Crippen molar-refractivity contribution in [1.29, 1.82) is 0 Å². The minimum absolute atomic E-state index is 0.0542. The fraction of sp³-hybridized carbons (Fsp3) is 0.208. The lowest BCUT2D eigenvalue weighted by Gasteiger charge is -2.23. The molecular formula is C24H25BrN4O3. The van der Waals surface area contributed by atoms with E-state index in [0.29, 0.717) is 18.1 Å². The Bertz CT molecular complexity index is 1030. The predicted molar refractivity (Wildman–Crippen MR) is 129 cm³/mol. The molecular weight excluding hydrogens is 472 g/mol. The Morgan fingerprint density at radius 3 is 2.41 bits per heavy atom. The van der Waals surface area contributed by atoms with E-state index in [1.165, 1.54) is 0 Å². The summed E-state index contributed by atoms with van der Waals surface area (Å²) in [7, 11) is 1.72. The molecule has 2 N–H and O–H groups in total. The molecule has 8 heteroatoms. The highest BCUT2D eigenvalue weighted by Gasteiger charge is 2.20. The summed E-state index contributed by atoms with van der Waals surface area (Å²) in [4.78, 5) is 30.6. The van der Waals surface area contributed by atoms with Crippen LogP contribution in [0.2, 0.25) is 0 Å². The van der Waals surface area contributed by atoms with E-state index in [1.54, 1.807) is 49.3 Å². The maximum Gasteiger partial charge on any atom is 0.241 e. The molecule has 0 fully saturated rings. The molecule has 0 spiro atoms. The van der Waals surface area contributed by atoms with Crippen LogP contribution in [0.15, 0.2) is 77.4 Å². The molecule has 32 heavy (non-hydrogen) atoms. The first-order valence-corrected chi connectivity index (χ1v) is 10.9. The van der Waals surface area contributed by atoms with Crippen LogP contribution in [0.3, 0.4) is 0 Å². The van der Waals surface area contributed by atoms with Crippen LogP contribution in [0.4, 0.5) is 11.5 Å². The van der Waals surface area contributed by atoms with Crippen molar-refractivity contribution in [3.63, 3.8) is 0 Å². The van der Waals surface area contributed by atoms with E-state index in [1.807, 2.05) is 42.5 Å². The van der Waals surface area contributed by atoms with E-state index in [2.05, 4.69) is 31.5 Å². The second kappa shape index (κ2) is 11.4. The Labute approximate surface area is 195 Å². The lowest BCUT2D eigenvalue weighted by Crippen LogP contribution is -2.43. The van der Waals surface area contributed by atoms with Gasteiger partial charge in [0, 0.05) is 16.4 Å². The van der Waals surface area contributed by atoms with E-state index in [9.17, 15) is 9.59 Å². The molecule has 3 aromatic rings. The molecule has 1 atom stereocenters. The van der Waals surface area contributed by atoms with Gasteiger partial charge in [-0.05, 0) is 71.9 Å². The smallest absolute Gasteiger partial charge is 0.241 e. The van der Waals surface area contributed by atoms with Gasteiger partial charge in [0.1, 0.15) is 18.2 Å². The Balaban J connectivity index is 1.46. The molecule has 1 aromatic heterocycles. The molecule has 2 aromatic carbocycles. The number of halogens is 1. The number of benzene rings is 2. The van der Waals surface area contributed by atoms with Gasteiger partial charge in [-0.15, -0.1) is 0 Å². The number of anilines is 2. The van der Waals surface area contributed by atoms with Gasteiger partial charge in [-0.25, -0.2) is 4.98 Å². The van der Waals surface area contributed by atoms with Gasteiger partial charge in [-0.3, -0.25) is 14.5 Å². The van der Waals surface area contributed by atoms with Crippen LogP contribution in [0, 0.1) is 0 Å². The van der Waals surface area contributed by atoms with Crippen molar-refractivity contribution in [1.82, 2.24) is 9.88 Å². The molecule has 0 aliphatic rings. The van der Waals surface area contributed by atoms with E-state index in [-0.39, 0.29) is 18.4 Å². The normalized spacial score (nSPS) is 11.6. The first kappa shape index (κ1) is 23.4. The zero-order valence-electron chi connectivity index (χ0n) is 17.9. The average molecular weight is 497 g/mol. The molecule has 2 amide bonds. The maximum atomic E-state index is 12.6. The minimum Gasteiger partial charge on any atom is -0.489 e. The van der Waals surface area contributed by atoms with Gasteiger partial charge >= 0.3 is 0 Å². The van der Waals surface area contributed by atoms with Crippen LogP contribution >= 0.6 is 15.9 Å². The average Bonchev–Trinajstić information content (AvgIpc) is 2.80. The number of aromatic nitrogens is 1. The molecule has 1 unspecified atom stereocenters. The van der Waals surface area contributed by atoms with Crippen LogP contribution in [-0.4, -0.2) is 41.3 Å². The van der Waals surface area contributed by atoms with Crippen molar-refractivity contribution in [2.24, 2.45) is 0 Å². The van der Waals surface area contributed by atoms with Crippen LogP contribution in [0.5, 0.6) is 5.75 Å². The Hall–Kier alpha value is -3.23. The largest absolute Gasteiger partial charge is 0.489 e. The highest BCUT2D eigenvalue weighted by Crippen LogP contribution is 2.18. The molecule has 0 aliphatic carbocycles. The van der Waals surface area contributed by atoms with E-state index in [0.717, 1.165) is 15.8 Å². The molecule has 3 rings (SSSR count). The SMILES string of the molecule is CC(C(=O)Nc1ccc(OCc2ccccc2)cc1)N(C)CC(=O)Nc1ccc(Br)cn1. The standard InChI is InChI=1S/C24H25BrN4O3/c1-17(29(2)15-23(30)28-22-13-8-19(25)14-26-22)24(31)27-20-9-11-21(12-10-20)32-16-18-6-4-3-5-7-18/h3-14,17H,15-16H2,1-2H3,(H,27,31)(H,26,28,30). The van der Waals surface area contributed by atoms with Crippen LogP contribution < -0.4 is 15.4 Å². The van der Waals surface area contributed by atoms with Gasteiger partial charge in [0.05, 0.1) is 12.6 Å². The van der Waals surface area contributed by atoms with Gasteiger partial charge in [0.15, 0.2) is 0 Å². The fourth-order valence-corrected chi connectivity index (χ4v) is 3.05. The van der Waals surface area contributed by atoms with Crippen LogP contribution in [-0.2, 0) is 16.2 Å². The van der Waals surface area contributed by atoms with Crippen molar-refractivity contribution >= 4 is 39.2 Å². The number of ether oxygens (including phenoxy) is 1. The van der Waals surface area contributed by atoms with E-state index >= 15 is 0 Å². The summed E-state index contributed by atoms with van der Waals surface area (Å²) >= 11 is 3.30. The number of nitrogens with zero attached hydrogens (tertiary/aromatic N) is 2. The molecule has 0 bridgehead atoms. The summed E-state index contributed by atoms with van der Waals surface area (Å²) < 4.78 is 6.59. The lowest BCUT2D eigenvalue weighted by molar-refractivity contribution is -0.122. The Morgan fingerprint density at radius 1 is 1.03 bits per heavy atom. The number of pyridine rings is 1. The summed E-state index contributed by atoms with van der Waals surface area (Å²) in [6.45, 7) is 2.28. The second-order valence-electron chi connectivity index (χ2n) is 7.29. The van der Waals surface area contributed by atoms with Gasteiger partial charge in [-0.2, -0.15) is 0 Å². The van der Waals surface area contributed by atoms with Crippen LogP contribution in [0.1, 0.15) is 12.5 Å². The van der Waals surface area contributed by atoms with Crippen molar-refractivity contribution in [3.8, 4) is 5.75 Å². The molecule has 0 saturated heterocycles. The van der Waals surface area contributed by atoms with Crippen molar-refractivity contribution < 1.29 is 14.3 Å². The lowest BCUT2D eigenvalue weighted by atomic mass is 10.2. The summed E-state index contributed by atoms with van der Waals surface area (Å²) in [6, 6.07) is 20.1. The first-order valence-electron chi connectivity index (χ1n) is 10.1. The highest BCUT2D eigenvalue weighted by atomic mass is 79.9. The third kappa shape index (κ3) is 7.18. The first-order chi connectivity index (χ1) is 15.4. The van der Waals surface area contributed by atoms with Crippen molar-refractivity contribution in [2.45, 2.75) is 19.6 Å². The third-order valence-corrected chi connectivity index (χ3v) is 5.27. The van der Waals surface area contributed by atoms with E-state index < -0.39 is 6.04 Å². The summed E-state index contributed by atoms with van der Waals surface area (Å²) in [5.74, 6) is 0.718. The Kier molecular flexibility index (Phi) is 8.35. The van der Waals surface area contributed by atoms with Gasteiger partial charge in [-0.1, -0.05) is 30.3 Å². The zero-order chi connectivity index (χ0) is 22.9. The second-order valence-corrected chi connectivity index (χ2v) is 8.20. The van der Waals surface area contributed by atoms with E-state index in [4.69, 9.17) is 4.74 Å². The quantitative estimate of drug-likeness (QED) is 0.460. The fourth-order valence-electron chi connectivity index (χ4n) is 2.82. The predicted octanol–water partition coefficient (Wildman–Crippen LogP) is 4.32. The molecule has 0 aliphatic heterocycles. The number of hydrogen-bond donors (Lipinski definition) is 2. The number of amides is 2. The van der Waals surface area contributed by atoms with Crippen molar-refractivity contribution in [2.75, 3.05) is 24.2 Å². The third-order valence-electron chi connectivity index (χ3n) is 4.80. The number of nitrogens with one attached hydrogen (secondary N) is 2. The molecule has 166 valence electrons. The minimum atomic E-state index is -0.507. The van der Waals surface area contributed by atoms with Gasteiger partial charge in [0.25, 0.3) is 0 Å². The summed E-state index contributed by atoms with van der Waals surface area (Å²) in [6.07, 6.45) is 1.60. The molecule has 7 nitrogen and oxygen atoms in total. The molecule has 1 heterocycles. The highest BCUT2D eigenvalue weighted by molar-refractivity contribution is 9.10. The summed E-state index contributed by atoms with van der Waals surface area (Å²) in [5.41, 5.74) is 1.74.